The number of nitrogens with zero attached hydrogens (tertiary/aromatic N) is 4. The first-order chi connectivity index (χ1) is 12.1. The van der Waals surface area contributed by atoms with Crippen LogP contribution in [-0.2, 0) is 4.79 Å². The number of hydrogen-bond donors (Lipinski definition) is 2. The van der Waals surface area contributed by atoms with Gasteiger partial charge in [0, 0.05) is 12.2 Å². The second kappa shape index (κ2) is 7.28. The molecule has 140 valence electrons. The highest BCUT2D eigenvalue weighted by Crippen LogP contribution is 2.44. The molecule has 1 amide bonds. The number of carbonyl (C=O) groups excluding carboxylic acids is 1. The van der Waals surface area contributed by atoms with Crippen LogP contribution in [0.3, 0.4) is 0 Å². The van der Waals surface area contributed by atoms with E-state index in [9.17, 15) is 9.18 Å². The van der Waals surface area contributed by atoms with Gasteiger partial charge in [0.2, 0.25) is 5.91 Å². The minimum atomic E-state index is -0.440. The van der Waals surface area contributed by atoms with Gasteiger partial charge in [-0.2, -0.15) is 4.68 Å². The number of amides is 1. The maximum atomic E-state index is 14.2. The molecular weight excluding hydrogens is 359 g/mol. The number of rotatable bonds is 3. The molecule has 1 saturated carbocycles. The highest BCUT2D eigenvalue weighted by molar-refractivity contribution is 5.96. The van der Waals surface area contributed by atoms with Crippen molar-refractivity contribution in [2.45, 2.75) is 32.6 Å². The van der Waals surface area contributed by atoms with Gasteiger partial charge in [-0.05, 0) is 60.9 Å². The van der Waals surface area contributed by atoms with Crippen LogP contribution in [0.5, 0.6) is 0 Å². The number of halogens is 2. The van der Waals surface area contributed by atoms with E-state index in [1.54, 1.807) is 19.1 Å². The summed E-state index contributed by atoms with van der Waals surface area (Å²) in [5.74, 6) is 0.439. The summed E-state index contributed by atoms with van der Waals surface area (Å²) in [6.07, 6.45) is 4.24. The van der Waals surface area contributed by atoms with E-state index < -0.39 is 5.82 Å². The van der Waals surface area contributed by atoms with Crippen molar-refractivity contribution in [3.05, 3.63) is 29.8 Å². The quantitative estimate of drug-likeness (QED) is 0.853. The first-order valence-electron chi connectivity index (χ1n) is 8.67. The lowest BCUT2D eigenvalue weighted by Gasteiger charge is -2.37. The molecule has 26 heavy (non-hydrogen) atoms. The normalized spacial score (nSPS) is 24.6. The Morgan fingerprint density at radius 3 is 3.04 bits per heavy atom. The maximum Gasteiger partial charge on any atom is 0.232 e. The summed E-state index contributed by atoms with van der Waals surface area (Å²) in [6, 6.07) is 4.48. The molecule has 7 nitrogen and oxygen atoms in total. The Hall–Kier alpha value is -2.06. The topological polar surface area (TPSA) is 84.7 Å². The first kappa shape index (κ1) is 18.7. The lowest BCUT2D eigenvalue weighted by atomic mass is 9.67. The zero-order chi connectivity index (χ0) is 17.4. The van der Waals surface area contributed by atoms with Crippen LogP contribution in [0.2, 0.25) is 0 Å². The van der Waals surface area contributed by atoms with Crippen molar-refractivity contribution in [3.63, 3.8) is 0 Å². The molecule has 1 aliphatic heterocycles. The number of hydrogen-bond acceptors (Lipinski definition) is 5. The Labute approximate surface area is 157 Å². The number of fused-ring (bicyclic) bond motifs is 1. The van der Waals surface area contributed by atoms with E-state index in [1.807, 2.05) is 0 Å². The van der Waals surface area contributed by atoms with Gasteiger partial charge in [0.1, 0.15) is 11.5 Å². The maximum absolute atomic E-state index is 14.2. The molecule has 2 fully saturated rings. The van der Waals surface area contributed by atoms with Gasteiger partial charge in [-0.25, -0.2) is 4.39 Å². The Morgan fingerprint density at radius 2 is 2.27 bits per heavy atom. The van der Waals surface area contributed by atoms with E-state index in [2.05, 4.69) is 26.2 Å². The number of carbonyl (C=O) groups is 1. The number of benzene rings is 1. The van der Waals surface area contributed by atoms with Crippen molar-refractivity contribution < 1.29 is 9.18 Å². The third-order valence-corrected chi connectivity index (χ3v) is 5.55. The molecule has 2 heterocycles. The molecule has 9 heteroatoms. The molecule has 4 rings (SSSR count). The first-order valence-corrected chi connectivity index (χ1v) is 8.67. The lowest BCUT2D eigenvalue weighted by molar-refractivity contribution is -0.128. The zero-order valence-electron chi connectivity index (χ0n) is 14.5. The molecule has 0 bridgehead atoms. The fraction of sp³-hybridized carbons (Fsp3) is 0.529. The Bertz CT molecular complexity index is 812. The molecule has 1 aromatic carbocycles. The third kappa shape index (κ3) is 3.07. The molecule has 0 unspecified atom stereocenters. The van der Waals surface area contributed by atoms with Crippen molar-refractivity contribution in [2.24, 2.45) is 11.3 Å². The van der Waals surface area contributed by atoms with Crippen molar-refractivity contribution in [1.82, 2.24) is 25.5 Å². The zero-order valence-corrected chi connectivity index (χ0v) is 15.4. The number of aryl methyl sites for hydroxylation is 1. The highest BCUT2D eigenvalue weighted by Gasteiger charge is 2.49. The molecular formula is C17H22ClFN6O. The molecule has 1 aliphatic carbocycles. The second-order valence-electron chi connectivity index (χ2n) is 6.99. The summed E-state index contributed by atoms with van der Waals surface area (Å²) in [4.78, 5) is 13.0. The van der Waals surface area contributed by atoms with Crippen LogP contribution in [0.25, 0.3) is 5.69 Å². The molecule has 2 N–H and O–H groups in total. The minimum Gasteiger partial charge on any atom is -0.325 e. The highest BCUT2D eigenvalue weighted by atomic mass is 35.5. The van der Waals surface area contributed by atoms with Crippen LogP contribution in [0.1, 0.15) is 31.5 Å². The number of anilines is 1. The SMILES string of the molecule is Cc1nnnn1-c1cc(NC(=O)[C@@]23CCCC[C@H]2CNC3)ccc1F.Cl. The number of aromatic nitrogens is 4. The Kier molecular flexibility index (Phi) is 5.24. The summed E-state index contributed by atoms with van der Waals surface area (Å²) in [7, 11) is 0. The fourth-order valence-electron chi connectivity index (χ4n) is 4.15. The van der Waals surface area contributed by atoms with Crippen LogP contribution in [-0.4, -0.2) is 39.2 Å². The molecule has 2 atom stereocenters. The van der Waals surface area contributed by atoms with Gasteiger partial charge < -0.3 is 10.6 Å². The van der Waals surface area contributed by atoms with Gasteiger partial charge in [-0.3, -0.25) is 4.79 Å². The van der Waals surface area contributed by atoms with Crippen LogP contribution < -0.4 is 10.6 Å². The largest absolute Gasteiger partial charge is 0.325 e. The smallest absolute Gasteiger partial charge is 0.232 e. The Balaban J connectivity index is 0.00000196. The molecule has 1 saturated heterocycles. The predicted molar refractivity (Wildman–Crippen MR) is 97.0 cm³/mol. The summed E-state index contributed by atoms with van der Waals surface area (Å²) in [5, 5.41) is 17.5. The Morgan fingerprint density at radius 1 is 1.42 bits per heavy atom. The van der Waals surface area contributed by atoms with Crippen LogP contribution >= 0.6 is 12.4 Å². The van der Waals surface area contributed by atoms with E-state index in [4.69, 9.17) is 0 Å². The van der Waals surface area contributed by atoms with Crippen molar-refractivity contribution >= 4 is 24.0 Å². The second-order valence-corrected chi connectivity index (χ2v) is 6.99. The van der Waals surface area contributed by atoms with Gasteiger partial charge >= 0.3 is 0 Å². The lowest BCUT2D eigenvalue weighted by Crippen LogP contribution is -2.44. The number of tetrazole rings is 1. The van der Waals surface area contributed by atoms with Crippen LogP contribution in [0, 0.1) is 24.1 Å². The molecule has 0 spiro atoms. The van der Waals surface area contributed by atoms with Crippen molar-refractivity contribution in [2.75, 3.05) is 18.4 Å². The predicted octanol–water partition coefficient (Wildman–Crippen LogP) is 2.25. The third-order valence-electron chi connectivity index (χ3n) is 5.55. The van der Waals surface area contributed by atoms with Gasteiger partial charge in [-0.15, -0.1) is 17.5 Å². The summed E-state index contributed by atoms with van der Waals surface area (Å²) < 4.78 is 15.5. The minimum absolute atomic E-state index is 0. The van der Waals surface area contributed by atoms with Crippen LogP contribution in [0.15, 0.2) is 18.2 Å². The van der Waals surface area contributed by atoms with Crippen LogP contribution in [0.4, 0.5) is 10.1 Å². The number of nitrogens with one attached hydrogen (secondary N) is 2. The average Bonchev–Trinajstić information content (AvgIpc) is 3.23. The summed E-state index contributed by atoms with van der Waals surface area (Å²) in [6.45, 7) is 3.30. The van der Waals surface area contributed by atoms with E-state index in [1.165, 1.54) is 17.2 Å². The summed E-state index contributed by atoms with van der Waals surface area (Å²) in [5.41, 5.74) is 0.432. The van der Waals surface area contributed by atoms with E-state index >= 15 is 0 Å². The van der Waals surface area contributed by atoms with Crippen molar-refractivity contribution in [1.29, 1.82) is 0 Å². The van der Waals surface area contributed by atoms with E-state index in [0.29, 0.717) is 24.0 Å². The fourth-order valence-corrected chi connectivity index (χ4v) is 4.15. The summed E-state index contributed by atoms with van der Waals surface area (Å²) >= 11 is 0. The standard InChI is InChI=1S/C17H21FN6O.ClH/c1-11-21-22-23-24(11)15-8-13(5-6-14(15)18)20-16(25)17-7-3-2-4-12(17)9-19-10-17;/h5-6,8,12,19H,2-4,7,9-10H2,1H3,(H,20,25);1H/t12-,17+;/m0./s1. The molecule has 2 aliphatic rings. The molecule has 1 aromatic heterocycles. The monoisotopic (exact) mass is 380 g/mol. The molecule has 0 radical (unpaired) electrons. The van der Waals surface area contributed by atoms with Crippen molar-refractivity contribution in [3.8, 4) is 5.69 Å². The molecule has 2 aromatic rings. The van der Waals surface area contributed by atoms with Gasteiger partial charge in [0.25, 0.3) is 0 Å². The van der Waals surface area contributed by atoms with E-state index in [0.717, 1.165) is 25.8 Å². The average molecular weight is 381 g/mol. The van der Waals surface area contributed by atoms with Gasteiger partial charge in [-0.1, -0.05) is 12.8 Å². The van der Waals surface area contributed by atoms with E-state index in [-0.39, 0.29) is 29.4 Å². The van der Waals surface area contributed by atoms with Gasteiger partial charge in [0.15, 0.2) is 5.82 Å². The van der Waals surface area contributed by atoms with Gasteiger partial charge in [0.05, 0.1) is 5.41 Å².